The highest BCUT2D eigenvalue weighted by molar-refractivity contribution is 8.00. The number of likely N-dealkylation sites (N-methyl/N-ethyl adjacent to an activating group) is 1. The number of hydrogen-bond donors (Lipinski definition) is 1. The number of rotatable bonds is 6. The van der Waals surface area contributed by atoms with Crippen molar-refractivity contribution in [3.8, 4) is 5.75 Å². The minimum atomic E-state index is 0.292. The highest BCUT2D eigenvalue weighted by Crippen LogP contribution is 2.34. The monoisotopic (exact) mass is 327 g/mol. The van der Waals surface area contributed by atoms with Crippen molar-refractivity contribution in [1.82, 2.24) is 5.32 Å². The number of thioether (sulfide) groups is 1. The third-order valence-corrected chi connectivity index (χ3v) is 5.16. The van der Waals surface area contributed by atoms with Gasteiger partial charge >= 0.3 is 0 Å². The molecule has 1 aromatic carbocycles. The average Bonchev–Trinajstić information content (AvgIpc) is 2.83. The van der Waals surface area contributed by atoms with Gasteiger partial charge < -0.3 is 10.1 Å². The van der Waals surface area contributed by atoms with Crippen LogP contribution in [0.3, 0.4) is 0 Å². The van der Waals surface area contributed by atoms with Crippen molar-refractivity contribution in [3.05, 3.63) is 28.3 Å². The summed E-state index contributed by atoms with van der Waals surface area (Å²) >= 11 is 8.26. The molecule has 0 radical (unpaired) electrons. The van der Waals surface area contributed by atoms with Gasteiger partial charge in [-0.1, -0.05) is 39.3 Å². The highest BCUT2D eigenvalue weighted by atomic mass is 35.5. The van der Waals surface area contributed by atoms with Crippen LogP contribution in [-0.4, -0.2) is 29.7 Å². The molecule has 0 aliphatic carbocycles. The maximum absolute atomic E-state index is 6.26. The zero-order valence-corrected chi connectivity index (χ0v) is 15.0. The van der Waals surface area contributed by atoms with E-state index >= 15 is 0 Å². The fourth-order valence-electron chi connectivity index (χ4n) is 2.59. The SMILES string of the molecule is CCNC(CSC(C)(C)C)Cc1cc(Cl)cc2c1OCC2. The molecule has 2 rings (SSSR count). The van der Waals surface area contributed by atoms with E-state index < -0.39 is 0 Å². The van der Waals surface area contributed by atoms with Gasteiger partial charge in [0, 0.05) is 28.0 Å². The summed E-state index contributed by atoms with van der Waals surface area (Å²) in [6, 6.07) is 4.56. The molecule has 4 heteroatoms. The normalized spacial score (nSPS) is 15.7. The first-order chi connectivity index (χ1) is 9.89. The zero-order chi connectivity index (χ0) is 15.5. The third-order valence-electron chi connectivity index (χ3n) is 3.50. The van der Waals surface area contributed by atoms with Gasteiger partial charge in [0.05, 0.1) is 6.61 Å². The van der Waals surface area contributed by atoms with E-state index in [-0.39, 0.29) is 0 Å². The number of nitrogens with one attached hydrogen (secondary N) is 1. The van der Waals surface area contributed by atoms with Crippen LogP contribution < -0.4 is 10.1 Å². The van der Waals surface area contributed by atoms with E-state index in [9.17, 15) is 0 Å². The van der Waals surface area contributed by atoms with Gasteiger partial charge in [-0.15, -0.1) is 0 Å². The van der Waals surface area contributed by atoms with E-state index in [4.69, 9.17) is 16.3 Å². The molecule has 1 aromatic rings. The van der Waals surface area contributed by atoms with E-state index in [0.717, 1.165) is 42.5 Å². The van der Waals surface area contributed by atoms with Crippen LogP contribution in [0.2, 0.25) is 5.02 Å². The topological polar surface area (TPSA) is 21.3 Å². The van der Waals surface area contributed by atoms with E-state index in [1.54, 1.807) is 0 Å². The van der Waals surface area contributed by atoms with E-state index in [2.05, 4.69) is 39.1 Å². The van der Waals surface area contributed by atoms with Gasteiger partial charge in [0.25, 0.3) is 0 Å². The van der Waals surface area contributed by atoms with E-state index in [1.807, 2.05) is 17.8 Å². The molecule has 0 saturated carbocycles. The summed E-state index contributed by atoms with van der Waals surface area (Å²) in [6.45, 7) is 10.7. The van der Waals surface area contributed by atoms with Crippen molar-refractivity contribution in [3.63, 3.8) is 0 Å². The third kappa shape index (κ3) is 5.08. The molecule has 0 saturated heterocycles. The van der Waals surface area contributed by atoms with Crippen molar-refractivity contribution >= 4 is 23.4 Å². The molecule has 118 valence electrons. The Balaban J connectivity index is 2.10. The molecule has 1 heterocycles. The molecule has 0 bridgehead atoms. The van der Waals surface area contributed by atoms with Gasteiger partial charge in [-0.05, 0) is 36.2 Å². The van der Waals surface area contributed by atoms with Crippen molar-refractivity contribution in [2.24, 2.45) is 0 Å². The molecule has 21 heavy (non-hydrogen) atoms. The Kier molecular flexibility index (Phi) is 5.87. The predicted molar refractivity (Wildman–Crippen MR) is 94.0 cm³/mol. The van der Waals surface area contributed by atoms with Crippen LogP contribution in [0.15, 0.2) is 12.1 Å². The summed E-state index contributed by atoms with van der Waals surface area (Å²) < 4.78 is 6.11. The quantitative estimate of drug-likeness (QED) is 0.840. The first-order valence-corrected chi connectivity index (χ1v) is 9.07. The molecule has 2 nitrogen and oxygen atoms in total. The lowest BCUT2D eigenvalue weighted by molar-refractivity contribution is 0.352. The summed E-state index contributed by atoms with van der Waals surface area (Å²) in [5.74, 6) is 2.17. The van der Waals surface area contributed by atoms with Crippen molar-refractivity contribution < 1.29 is 4.74 Å². The fraction of sp³-hybridized carbons (Fsp3) is 0.647. The Morgan fingerprint density at radius 3 is 2.81 bits per heavy atom. The Morgan fingerprint density at radius 1 is 1.38 bits per heavy atom. The van der Waals surface area contributed by atoms with Gasteiger partial charge in [0.1, 0.15) is 5.75 Å². The van der Waals surface area contributed by atoms with Gasteiger partial charge in [-0.2, -0.15) is 11.8 Å². The summed E-state index contributed by atoms with van der Waals surface area (Å²) in [7, 11) is 0. The molecule has 1 aliphatic heterocycles. The Labute approximate surface area is 138 Å². The molecule has 0 fully saturated rings. The largest absolute Gasteiger partial charge is 0.493 e. The molecular formula is C17H26ClNOS. The smallest absolute Gasteiger partial charge is 0.125 e. The van der Waals surface area contributed by atoms with Crippen LogP contribution in [-0.2, 0) is 12.8 Å². The van der Waals surface area contributed by atoms with Crippen LogP contribution in [0.4, 0.5) is 0 Å². The van der Waals surface area contributed by atoms with Gasteiger partial charge in [-0.3, -0.25) is 0 Å². The van der Waals surface area contributed by atoms with Crippen LogP contribution >= 0.6 is 23.4 Å². The van der Waals surface area contributed by atoms with Crippen LogP contribution in [0, 0.1) is 0 Å². The number of hydrogen-bond acceptors (Lipinski definition) is 3. The van der Waals surface area contributed by atoms with Crippen molar-refractivity contribution in [1.29, 1.82) is 0 Å². The predicted octanol–water partition coefficient (Wildman–Crippen LogP) is 4.33. The molecule has 0 aromatic heterocycles. The number of halogens is 1. The van der Waals surface area contributed by atoms with E-state index in [1.165, 1.54) is 11.1 Å². The zero-order valence-electron chi connectivity index (χ0n) is 13.5. The molecule has 1 aliphatic rings. The van der Waals surface area contributed by atoms with Crippen LogP contribution in [0.25, 0.3) is 0 Å². The first kappa shape index (κ1) is 17.0. The van der Waals surface area contributed by atoms with Gasteiger partial charge in [-0.25, -0.2) is 0 Å². The fourth-order valence-corrected chi connectivity index (χ4v) is 3.79. The summed E-state index contributed by atoms with van der Waals surface area (Å²) in [5, 5.41) is 4.42. The Bertz CT molecular complexity index is 484. The lowest BCUT2D eigenvalue weighted by Crippen LogP contribution is -2.34. The second kappa shape index (κ2) is 7.26. The Morgan fingerprint density at radius 2 is 2.14 bits per heavy atom. The summed E-state index contributed by atoms with van der Waals surface area (Å²) in [5.41, 5.74) is 2.51. The molecule has 1 unspecified atom stereocenters. The molecule has 1 N–H and O–H groups in total. The molecule has 0 amide bonds. The van der Waals surface area contributed by atoms with Crippen LogP contribution in [0.1, 0.15) is 38.8 Å². The Hall–Kier alpha value is -0.380. The average molecular weight is 328 g/mol. The van der Waals surface area contributed by atoms with Crippen molar-refractivity contribution in [2.75, 3.05) is 18.9 Å². The lowest BCUT2D eigenvalue weighted by atomic mass is 10.0. The molecule has 0 spiro atoms. The van der Waals surface area contributed by atoms with E-state index in [0.29, 0.717) is 10.8 Å². The lowest BCUT2D eigenvalue weighted by Gasteiger charge is -2.24. The minimum absolute atomic E-state index is 0.292. The summed E-state index contributed by atoms with van der Waals surface area (Å²) in [6.07, 6.45) is 1.95. The van der Waals surface area contributed by atoms with Gasteiger partial charge in [0.2, 0.25) is 0 Å². The molecule has 1 atom stereocenters. The second-order valence-electron chi connectivity index (χ2n) is 6.53. The number of benzene rings is 1. The standard InChI is InChI=1S/C17H26ClNOS/c1-5-19-15(11-21-17(2,3)4)10-13-9-14(18)8-12-6-7-20-16(12)13/h8-9,15,19H,5-7,10-11H2,1-4H3. The second-order valence-corrected chi connectivity index (χ2v) is 8.82. The molecular weight excluding hydrogens is 302 g/mol. The van der Waals surface area contributed by atoms with Gasteiger partial charge in [0.15, 0.2) is 0 Å². The van der Waals surface area contributed by atoms with Crippen molar-refractivity contribution in [2.45, 2.75) is 51.3 Å². The maximum atomic E-state index is 6.26. The minimum Gasteiger partial charge on any atom is -0.493 e. The number of fused-ring (bicyclic) bond motifs is 1. The first-order valence-electron chi connectivity index (χ1n) is 7.70. The maximum Gasteiger partial charge on any atom is 0.125 e. The van der Waals surface area contributed by atoms with Crippen LogP contribution in [0.5, 0.6) is 5.75 Å². The summed E-state index contributed by atoms with van der Waals surface area (Å²) in [4.78, 5) is 0. The highest BCUT2D eigenvalue weighted by Gasteiger charge is 2.21. The number of ether oxygens (including phenoxy) is 1.